The lowest BCUT2D eigenvalue weighted by molar-refractivity contribution is 0.137. The Kier molecular flexibility index (Phi) is 12.8. The Hall–Kier alpha value is -0.260. The summed E-state index contributed by atoms with van der Waals surface area (Å²) in [4.78, 5) is 2.36. The van der Waals surface area contributed by atoms with Gasteiger partial charge < -0.3 is 15.0 Å². The van der Waals surface area contributed by atoms with Crippen molar-refractivity contribution in [3.63, 3.8) is 0 Å². The second-order valence-electron chi connectivity index (χ2n) is 5.46. The number of hydrogen-bond acceptors (Lipinski definition) is 3. The van der Waals surface area contributed by atoms with Gasteiger partial charge in [0.05, 0.1) is 6.61 Å². The third-order valence-corrected chi connectivity index (χ3v) is 4.80. The van der Waals surface area contributed by atoms with E-state index in [1.807, 2.05) is 0 Å². The van der Waals surface area contributed by atoms with Crippen LogP contribution in [0.1, 0.15) is 32.6 Å². The van der Waals surface area contributed by atoms with Gasteiger partial charge in [0.2, 0.25) is 0 Å². The Morgan fingerprint density at radius 2 is 1.65 bits per heavy atom. The van der Waals surface area contributed by atoms with E-state index in [0.29, 0.717) is 0 Å². The number of hydrogen-bond donors (Lipinski definition) is 1. The molecule has 0 spiro atoms. The number of unbranched alkanes of at least 4 members (excludes halogenated alkanes) is 2. The van der Waals surface area contributed by atoms with E-state index in [1.165, 1.54) is 30.6 Å². The van der Waals surface area contributed by atoms with Crippen molar-refractivity contribution < 1.29 is 4.74 Å². The zero-order valence-corrected chi connectivity index (χ0v) is 17.4. The lowest BCUT2D eigenvalue weighted by atomic mass is 10.2. The van der Waals surface area contributed by atoms with E-state index in [-0.39, 0.29) is 0 Å². The average Bonchev–Trinajstić information content (AvgIpc) is 2.59. The normalized spacial score (nSPS) is 10.7. The molecular formula is C18H30Br2N2O. The maximum Gasteiger partial charge on any atom is 0.0641 e. The summed E-state index contributed by atoms with van der Waals surface area (Å²) in [5.41, 5.74) is 2.47. The van der Waals surface area contributed by atoms with Crippen LogP contribution in [0, 0.1) is 0 Å². The number of likely N-dealkylation sites (N-methyl/N-ethyl adjacent to an activating group) is 1. The molecule has 1 aromatic rings. The zero-order valence-electron chi connectivity index (χ0n) is 14.2. The number of nitrogens with zero attached hydrogens (tertiary/aromatic N) is 1. The minimum Gasteiger partial charge on any atom is -0.385 e. The van der Waals surface area contributed by atoms with E-state index in [2.05, 4.69) is 73.3 Å². The Bertz CT molecular complexity index is 387. The van der Waals surface area contributed by atoms with Crippen LogP contribution in [0.4, 0.5) is 11.4 Å². The van der Waals surface area contributed by atoms with Crippen LogP contribution in [0.25, 0.3) is 0 Å². The molecule has 0 aliphatic rings. The van der Waals surface area contributed by atoms with E-state index in [4.69, 9.17) is 4.74 Å². The average molecular weight is 450 g/mol. The van der Waals surface area contributed by atoms with Gasteiger partial charge in [-0.05, 0) is 56.9 Å². The maximum absolute atomic E-state index is 5.71. The Morgan fingerprint density at radius 1 is 0.957 bits per heavy atom. The predicted molar refractivity (Wildman–Crippen MR) is 110 cm³/mol. The van der Waals surface area contributed by atoms with Crippen molar-refractivity contribution in [1.82, 2.24) is 0 Å². The fourth-order valence-electron chi connectivity index (χ4n) is 2.29. The molecule has 0 unspecified atom stereocenters. The fraction of sp³-hybridized carbons (Fsp3) is 0.667. The van der Waals surface area contributed by atoms with Gasteiger partial charge in [0.25, 0.3) is 0 Å². The predicted octanol–water partition coefficient (Wildman–Crippen LogP) is 5.29. The molecule has 0 fully saturated rings. The highest BCUT2D eigenvalue weighted by Crippen LogP contribution is 2.18. The standard InChI is InChI=1S/C18H30Br2N2O/c1-2-22(14-16-23-15-6-4-12-20)18-9-7-17(8-10-18)21-13-5-3-11-19/h7-10,21H,2-6,11-16H2,1H3. The first-order valence-electron chi connectivity index (χ1n) is 8.60. The van der Waals surface area contributed by atoms with Crippen molar-refractivity contribution in [1.29, 1.82) is 0 Å². The smallest absolute Gasteiger partial charge is 0.0641 e. The maximum atomic E-state index is 5.71. The van der Waals surface area contributed by atoms with E-state index >= 15 is 0 Å². The second-order valence-corrected chi connectivity index (χ2v) is 7.04. The number of anilines is 2. The van der Waals surface area contributed by atoms with Gasteiger partial charge in [0, 0.05) is 48.3 Å². The largest absolute Gasteiger partial charge is 0.385 e. The highest BCUT2D eigenvalue weighted by Gasteiger charge is 2.04. The first-order valence-corrected chi connectivity index (χ1v) is 10.8. The van der Waals surface area contributed by atoms with Crippen LogP contribution < -0.4 is 10.2 Å². The molecular weight excluding hydrogens is 420 g/mol. The van der Waals surface area contributed by atoms with E-state index in [0.717, 1.165) is 49.9 Å². The SMILES string of the molecule is CCN(CCOCCCCBr)c1ccc(NCCCCBr)cc1. The number of ether oxygens (including phenoxy) is 1. The van der Waals surface area contributed by atoms with E-state index in [9.17, 15) is 0 Å². The van der Waals surface area contributed by atoms with Crippen LogP contribution in [0.2, 0.25) is 0 Å². The van der Waals surface area contributed by atoms with Gasteiger partial charge in [0.15, 0.2) is 0 Å². The van der Waals surface area contributed by atoms with Crippen molar-refractivity contribution in [2.24, 2.45) is 0 Å². The molecule has 23 heavy (non-hydrogen) atoms. The quantitative estimate of drug-likeness (QED) is 0.308. The molecule has 0 radical (unpaired) electrons. The Labute approximate surface area is 158 Å². The molecule has 0 aliphatic heterocycles. The highest BCUT2D eigenvalue weighted by atomic mass is 79.9. The van der Waals surface area contributed by atoms with Crippen molar-refractivity contribution in [2.75, 3.05) is 53.7 Å². The molecule has 0 amide bonds. The third kappa shape index (κ3) is 9.58. The summed E-state index contributed by atoms with van der Waals surface area (Å²) in [6.45, 7) is 6.83. The lowest BCUT2D eigenvalue weighted by Crippen LogP contribution is -2.27. The molecule has 132 valence electrons. The summed E-state index contributed by atoms with van der Waals surface area (Å²) in [5.74, 6) is 0. The summed E-state index contributed by atoms with van der Waals surface area (Å²) in [6, 6.07) is 8.73. The fourth-order valence-corrected chi connectivity index (χ4v) is 3.08. The lowest BCUT2D eigenvalue weighted by Gasteiger charge is -2.23. The van der Waals surface area contributed by atoms with Gasteiger partial charge in [-0.1, -0.05) is 31.9 Å². The molecule has 0 saturated heterocycles. The summed E-state index contributed by atoms with van der Waals surface area (Å²) >= 11 is 6.90. The first kappa shape index (κ1) is 20.8. The minimum absolute atomic E-state index is 0.794. The van der Waals surface area contributed by atoms with Crippen LogP contribution >= 0.6 is 31.9 Å². The Morgan fingerprint density at radius 3 is 2.30 bits per heavy atom. The summed E-state index contributed by atoms with van der Waals surface area (Å²) in [7, 11) is 0. The van der Waals surface area contributed by atoms with Crippen molar-refractivity contribution in [2.45, 2.75) is 32.6 Å². The van der Waals surface area contributed by atoms with Crippen LogP contribution in [-0.2, 0) is 4.74 Å². The zero-order chi connectivity index (χ0) is 16.8. The third-order valence-electron chi connectivity index (χ3n) is 3.68. The Balaban J connectivity index is 2.30. The van der Waals surface area contributed by atoms with E-state index < -0.39 is 0 Å². The van der Waals surface area contributed by atoms with Crippen molar-refractivity contribution in [3.05, 3.63) is 24.3 Å². The molecule has 0 saturated carbocycles. The molecule has 0 aliphatic carbocycles. The topological polar surface area (TPSA) is 24.5 Å². The molecule has 5 heteroatoms. The van der Waals surface area contributed by atoms with Crippen molar-refractivity contribution in [3.8, 4) is 0 Å². The first-order chi connectivity index (χ1) is 11.3. The number of benzene rings is 1. The number of halogens is 2. The highest BCUT2D eigenvalue weighted by molar-refractivity contribution is 9.09. The molecule has 1 N–H and O–H groups in total. The minimum atomic E-state index is 0.794. The van der Waals surface area contributed by atoms with Gasteiger partial charge in [0.1, 0.15) is 0 Å². The summed E-state index contributed by atoms with van der Waals surface area (Å²) in [5, 5.41) is 5.61. The van der Waals surface area contributed by atoms with E-state index in [1.54, 1.807) is 0 Å². The van der Waals surface area contributed by atoms with Gasteiger partial charge in [-0.15, -0.1) is 0 Å². The molecule has 0 bridgehead atoms. The van der Waals surface area contributed by atoms with Gasteiger partial charge >= 0.3 is 0 Å². The summed E-state index contributed by atoms with van der Waals surface area (Å²) < 4.78 is 5.71. The van der Waals surface area contributed by atoms with Crippen LogP contribution in [0.15, 0.2) is 24.3 Å². The van der Waals surface area contributed by atoms with Gasteiger partial charge in [-0.25, -0.2) is 0 Å². The molecule has 0 atom stereocenters. The molecule has 1 aromatic carbocycles. The molecule has 0 heterocycles. The second kappa shape index (κ2) is 14.1. The van der Waals surface area contributed by atoms with Crippen LogP contribution in [0.5, 0.6) is 0 Å². The number of rotatable bonds is 14. The van der Waals surface area contributed by atoms with Crippen LogP contribution in [-0.4, -0.2) is 43.5 Å². The van der Waals surface area contributed by atoms with Crippen molar-refractivity contribution >= 4 is 43.2 Å². The van der Waals surface area contributed by atoms with Gasteiger partial charge in [-0.2, -0.15) is 0 Å². The molecule has 1 rings (SSSR count). The van der Waals surface area contributed by atoms with Crippen LogP contribution in [0.3, 0.4) is 0 Å². The summed E-state index contributed by atoms with van der Waals surface area (Å²) in [6.07, 6.45) is 4.72. The monoisotopic (exact) mass is 448 g/mol. The number of alkyl halides is 2. The molecule has 3 nitrogen and oxygen atoms in total. The van der Waals surface area contributed by atoms with Gasteiger partial charge in [-0.3, -0.25) is 0 Å². The molecule has 0 aromatic heterocycles. The number of nitrogens with one attached hydrogen (secondary N) is 1.